The maximum atomic E-state index is 12.2. The monoisotopic (exact) mass is 271 g/mol. The van der Waals surface area contributed by atoms with Crippen LogP contribution in [0.25, 0.3) is 0 Å². The zero-order valence-electron chi connectivity index (χ0n) is 11.1. The smallest absolute Gasteiger partial charge is 0.350 e. The predicted octanol–water partition coefficient (Wildman–Crippen LogP) is 2.00. The van der Waals surface area contributed by atoms with E-state index in [0.717, 1.165) is 10.5 Å². The summed E-state index contributed by atoms with van der Waals surface area (Å²) in [4.78, 5) is 33.1. The fourth-order valence-electron chi connectivity index (χ4n) is 2.54. The summed E-state index contributed by atoms with van der Waals surface area (Å²) in [5, 5.41) is 9.61. The number of phenols is 1. The summed E-state index contributed by atoms with van der Waals surface area (Å²) in [7, 11) is 1.39. The first-order valence-electron chi connectivity index (χ1n) is 6.35. The Morgan fingerprint density at radius 2 is 2.05 bits per heavy atom. The maximum absolute atomic E-state index is 12.2. The average Bonchev–Trinajstić information content (AvgIpc) is 2.43. The first-order chi connectivity index (χ1) is 9.52. The Hall–Kier alpha value is -2.50. The van der Waals surface area contributed by atoms with Crippen molar-refractivity contribution in [3.8, 4) is 5.75 Å². The molecule has 102 valence electrons. The maximum Gasteiger partial charge on any atom is 0.350 e. The molecule has 0 saturated heterocycles. The molecule has 1 aromatic carbocycles. The summed E-state index contributed by atoms with van der Waals surface area (Å²) in [6.07, 6.45) is 0.665. The number of carbonyl (C=O) groups excluding carboxylic acids is 2. The minimum atomic E-state index is -0.578. The van der Waals surface area contributed by atoms with Crippen molar-refractivity contribution in [3.05, 3.63) is 23.8 Å². The highest BCUT2D eigenvalue weighted by Crippen LogP contribution is 2.38. The average molecular weight is 271 g/mol. The van der Waals surface area contributed by atoms with Crippen LogP contribution >= 0.6 is 0 Å². The number of urea groups is 1. The molecule has 6 nitrogen and oxygen atoms in total. The molecule has 0 radical (unpaired) electrons. The van der Waals surface area contributed by atoms with Gasteiger partial charge in [0.25, 0.3) is 5.91 Å². The lowest BCUT2D eigenvalue weighted by molar-refractivity contribution is -0.120. The highest BCUT2D eigenvalue weighted by molar-refractivity contribution is 6.71. The zero-order chi connectivity index (χ0) is 14.4. The van der Waals surface area contributed by atoms with Gasteiger partial charge in [-0.05, 0) is 30.2 Å². The van der Waals surface area contributed by atoms with E-state index in [1.165, 1.54) is 13.1 Å². The third-order valence-corrected chi connectivity index (χ3v) is 3.61. The van der Waals surface area contributed by atoms with Crippen molar-refractivity contribution in [3.63, 3.8) is 0 Å². The molecule has 0 aliphatic carbocycles. The van der Waals surface area contributed by atoms with E-state index in [0.29, 0.717) is 17.8 Å². The number of rotatable bonds is 1. The van der Waals surface area contributed by atoms with Crippen LogP contribution in [0.1, 0.15) is 24.8 Å². The number of benzene rings is 1. The van der Waals surface area contributed by atoms with E-state index in [1.807, 2.05) is 6.92 Å². The quantitative estimate of drug-likeness (QED) is 0.848. The lowest BCUT2D eigenvalue weighted by Gasteiger charge is -2.29. The molecule has 2 aliphatic rings. The van der Waals surface area contributed by atoms with Crippen LogP contribution < -0.4 is 0 Å². The number of carbonyl (C=O) groups is 2. The van der Waals surface area contributed by atoms with Gasteiger partial charge in [-0.3, -0.25) is 9.69 Å². The third kappa shape index (κ3) is 1.65. The molecule has 20 heavy (non-hydrogen) atoms. The molecule has 0 aromatic heterocycles. The molecule has 3 rings (SSSR count). The number of aromatic hydroxyl groups is 1. The Labute approximate surface area is 115 Å². The lowest BCUT2D eigenvalue weighted by atomic mass is 9.84. The molecular formula is C14H13N3O3. The van der Waals surface area contributed by atoms with Gasteiger partial charge in [-0.25, -0.2) is 9.79 Å². The van der Waals surface area contributed by atoms with Gasteiger partial charge >= 0.3 is 6.03 Å². The van der Waals surface area contributed by atoms with Crippen molar-refractivity contribution in [2.24, 2.45) is 9.98 Å². The van der Waals surface area contributed by atoms with Gasteiger partial charge in [0, 0.05) is 13.0 Å². The van der Waals surface area contributed by atoms with E-state index in [-0.39, 0.29) is 17.4 Å². The number of nitrogens with zero attached hydrogens (tertiary/aromatic N) is 3. The van der Waals surface area contributed by atoms with E-state index in [9.17, 15) is 14.7 Å². The van der Waals surface area contributed by atoms with Crippen LogP contribution in [-0.2, 0) is 4.79 Å². The lowest BCUT2D eigenvalue weighted by Crippen LogP contribution is -2.47. The Morgan fingerprint density at radius 3 is 2.75 bits per heavy atom. The van der Waals surface area contributed by atoms with Gasteiger partial charge in [0.1, 0.15) is 5.75 Å². The minimum Gasteiger partial charge on any atom is -0.508 e. The molecular weight excluding hydrogens is 258 g/mol. The van der Waals surface area contributed by atoms with Gasteiger partial charge < -0.3 is 5.11 Å². The molecule has 1 atom stereocenters. The summed E-state index contributed by atoms with van der Waals surface area (Å²) < 4.78 is 0. The second-order valence-corrected chi connectivity index (χ2v) is 4.81. The van der Waals surface area contributed by atoms with E-state index in [1.54, 1.807) is 12.1 Å². The normalized spacial score (nSPS) is 21.1. The molecule has 0 spiro atoms. The Kier molecular flexibility index (Phi) is 2.67. The van der Waals surface area contributed by atoms with Gasteiger partial charge in [-0.15, -0.1) is 0 Å². The van der Waals surface area contributed by atoms with Crippen molar-refractivity contribution in [2.75, 3.05) is 7.05 Å². The van der Waals surface area contributed by atoms with Gasteiger partial charge in [0.15, 0.2) is 5.71 Å². The third-order valence-electron chi connectivity index (χ3n) is 3.61. The topological polar surface area (TPSA) is 82.3 Å². The molecule has 0 fully saturated rings. The van der Waals surface area contributed by atoms with Crippen LogP contribution in [0.4, 0.5) is 10.5 Å². The predicted molar refractivity (Wildman–Crippen MR) is 73.8 cm³/mol. The number of hydrogen-bond acceptors (Lipinski definition) is 4. The van der Waals surface area contributed by atoms with Gasteiger partial charge in [-0.1, -0.05) is 6.92 Å². The summed E-state index contributed by atoms with van der Waals surface area (Å²) in [5.74, 6) is -0.504. The van der Waals surface area contributed by atoms with Crippen molar-refractivity contribution < 1.29 is 14.7 Å². The number of imide groups is 1. The first-order valence-corrected chi connectivity index (χ1v) is 6.35. The first kappa shape index (κ1) is 12.5. The second kappa shape index (κ2) is 4.26. The van der Waals surface area contributed by atoms with Crippen molar-refractivity contribution >= 4 is 29.0 Å². The molecule has 6 heteroatoms. The van der Waals surface area contributed by atoms with E-state index in [4.69, 9.17) is 0 Å². The fraction of sp³-hybridized carbons (Fsp3) is 0.286. The van der Waals surface area contributed by atoms with Crippen LogP contribution in [0.5, 0.6) is 5.75 Å². The molecule has 0 bridgehead atoms. The molecule has 1 unspecified atom stereocenters. The van der Waals surface area contributed by atoms with Crippen LogP contribution in [0.2, 0.25) is 0 Å². The zero-order valence-corrected chi connectivity index (χ0v) is 11.1. The Bertz CT molecular complexity index is 691. The molecule has 1 N–H and O–H groups in total. The highest BCUT2D eigenvalue weighted by Gasteiger charge is 2.38. The van der Waals surface area contributed by atoms with Crippen molar-refractivity contribution in [1.29, 1.82) is 0 Å². The number of amides is 3. The van der Waals surface area contributed by atoms with Crippen molar-refractivity contribution in [2.45, 2.75) is 19.3 Å². The van der Waals surface area contributed by atoms with E-state index < -0.39 is 11.9 Å². The van der Waals surface area contributed by atoms with Gasteiger partial charge in [0.2, 0.25) is 0 Å². The molecule has 2 heterocycles. The summed E-state index contributed by atoms with van der Waals surface area (Å²) in [5.41, 5.74) is 2.05. The van der Waals surface area contributed by atoms with Crippen LogP contribution in [-0.4, -0.2) is 40.4 Å². The minimum absolute atomic E-state index is 0.132. The van der Waals surface area contributed by atoms with Crippen LogP contribution in [0, 0.1) is 0 Å². The molecule has 1 aromatic rings. The SMILES string of the molecule is CCC1C2=NC(=O)N(C)C(=O)C2=Nc2ccc(O)cc21. The summed E-state index contributed by atoms with van der Waals surface area (Å²) in [6.45, 7) is 1.94. The number of fused-ring (bicyclic) bond motifs is 2. The largest absolute Gasteiger partial charge is 0.508 e. The molecule has 0 saturated carbocycles. The second-order valence-electron chi connectivity index (χ2n) is 4.81. The summed E-state index contributed by atoms with van der Waals surface area (Å²) >= 11 is 0. The van der Waals surface area contributed by atoms with E-state index >= 15 is 0 Å². The van der Waals surface area contributed by atoms with E-state index in [2.05, 4.69) is 9.98 Å². The van der Waals surface area contributed by atoms with Gasteiger partial charge in [-0.2, -0.15) is 4.99 Å². The Morgan fingerprint density at radius 1 is 1.30 bits per heavy atom. The van der Waals surface area contributed by atoms with Crippen LogP contribution in [0.15, 0.2) is 28.2 Å². The standard InChI is InChI=1S/C14H13N3O3/c1-3-8-9-6-7(18)4-5-10(9)15-12-11(8)16-14(20)17(2)13(12)19/h4-6,8,18H,3H2,1-2H3. The van der Waals surface area contributed by atoms with Gasteiger partial charge in [0.05, 0.1) is 11.4 Å². The number of hydrogen-bond donors (Lipinski definition) is 1. The Balaban J connectivity index is 2.25. The summed E-state index contributed by atoms with van der Waals surface area (Å²) in [6, 6.07) is 4.23. The number of phenolic OH excluding ortho intramolecular Hbond substituents is 1. The number of aliphatic imine (C=N–C) groups is 2. The highest BCUT2D eigenvalue weighted by atomic mass is 16.3. The van der Waals surface area contributed by atoms with Crippen molar-refractivity contribution in [1.82, 2.24) is 4.90 Å². The fourth-order valence-corrected chi connectivity index (χ4v) is 2.54. The molecule has 2 aliphatic heterocycles. The van der Waals surface area contributed by atoms with Crippen LogP contribution in [0.3, 0.4) is 0 Å². The molecule has 3 amide bonds.